The fraction of sp³-hybridized carbons (Fsp3) is 0.406. The molecule has 0 saturated heterocycles. The molecule has 8 nitrogen and oxygen atoms in total. The van der Waals surface area contributed by atoms with E-state index in [1.807, 2.05) is 18.2 Å². The zero-order chi connectivity index (χ0) is 28.2. The molecule has 2 aliphatic rings. The van der Waals surface area contributed by atoms with Crippen molar-refractivity contribution in [2.45, 2.75) is 37.8 Å². The van der Waals surface area contributed by atoms with E-state index >= 15 is 0 Å². The van der Waals surface area contributed by atoms with Crippen LogP contribution in [0.5, 0.6) is 28.7 Å². The van der Waals surface area contributed by atoms with Crippen LogP contribution in [0, 0.1) is 0 Å². The molecule has 5 rings (SSSR count). The van der Waals surface area contributed by atoms with Crippen molar-refractivity contribution in [3.05, 3.63) is 76.3 Å². The normalized spacial score (nSPS) is 17.9. The Balaban J connectivity index is 1.40. The monoisotopic (exact) mass is 546 g/mol. The average molecular weight is 547 g/mol. The highest BCUT2D eigenvalue weighted by Crippen LogP contribution is 2.40. The van der Waals surface area contributed by atoms with E-state index < -0.39 is 0 Å². The molecule has 1 heterocycles. The van der Waals surface area contributed by atoms with Crippen LogP contribution in [0.1, 0.15) is 46.3 Å². The second-order valence-electron chi connectivity index (χ2n) is 10.3. The van der Waals surface area contributed by atoms with E-state index in [4.69, 9.17) is 23.7 Å². The van der Waals surface area contributed by atoms with Crippen LogP contribution >= 0.6 is 0 Å². The predicted octanol–water partition coefficient (Wildman–Crippen LogP) is 4.68. The largest absolute Gasteiger partial charge is 0.497 e. The van der Waals surface area contributed by atoms with Crippen LogP contribution in [0.4, 0.5) is 0 Å². The zero-order valence-corrected chi connectivity index (χ0v) is 23.9. The summed E-state index contributed by atoms with van der Waals surface area (Å²) in [5, 5.41) is 3.30. The van der Waals surface area contributed by atoms with Gasteiger partial charge in [0.1, 0.15) is 5.75 Å². The lowest BCUT2D eigenvalue weighted by Gasteiger charge is -2.38. The highest BCUT2D eigenvalue weighted by atomic mass is 16.5. The van der Waals surface area contributed by atoms with E-state index in [0.717, 1.165) is 42.7 Å². The van der Waals surface area contributed by atoms with Crippen LogP contribution in [0.2, 0.25) is 0 Å². The van der Waals surface area contributed by atoms with Crippen molar-refractivity contribution in [3.8, 4) is 28.7 Å². The van der Waals surface area contributed by atoms with E-state index in [0.29, 0.717) is 36.0 Å². The average Bonchev–Trinajstić information content (AvgIpc) is 3.38. The lowest BCUT2D eigenvalue weighted by Crippen LogP contribution is -2.44. The van der Waals surface area contributed by atoms with E-state index in [2.05, 4.69) is 40.5 Å². The first-order valence-corrected chi connectivity index (χ1v) is 13.6. The minimum atomic E-state index is -0.0347. The Morgan fingerprint density at radius 1 is 0.775 bits per heavy atom. The van der Waals surface area contributed by atoms with E-state index in [9.17, 15) is 4.79 Å². The van der Waals surface area contributed by atoms with Gasteiger partial charge in [0, 0.05) is 12.6 Å². The number of amides is 1. The Kier molecular flexibility index (Phi) is 8.35. The molecule has 1 amide bonds. The van der Waals surface area contributed by atoms with E-state index in [1.54, 1.807) is 35.5 Å². The number of methoxy groups -OCH3 is 5. The molecule has 0 radical (unpaired) electrons. The first-order valence-electron chi connectivity index (χ1n) is 13.6. The van der Waals surface area contributed by atoms with Crippen molar-refractivity contribution in [2.24, 2.45) is 0 Å². The van der Waals surface area contributed by atoms with Gasteiger partial charge in [0.2, 0.25) is 5.91 Å². The number of nitrogens with one attached hydrogen (secondary N) is 1. The SMILES string of the molecule is COc1ccc2c(c1)CCC2NC(=O)CN1CCc2cc(OC)c(OC)cc2C1Cc1ccc(OC)c(OC)c1. The van der Waals surface area contributed by atoms with Crippen LogP contribution in [0.3, 0.4) is 0 Å². The van der Waals surface area contributed by atoms with Crippen LogP contribution in [-0.4, -0.2) is 59.4 Å². The molecule has 3 aromatic carbocycles. The summed E-state index contributed by atoms with van der Waals surface area (Å²) in [4.78, 5) is 15.7. The second-order valence-corrected chi connectivity index (χ2v) is 10.3. The van der Waals surface area contributed by atoms with Gasteiger partial charge in [-0.2, -0.15) is 0 Å². The third-order valence-corrected chi connectivity index (χ3v) is 8.10. The fourth-order valence-corrected chi connectivity index (χ4v) is 6.03. The molecule has 1 aliphatic carbocycles. The minimum absolute atomic E-state index is 0.0131. The molecule has 212 valence electrons. The van der Waals surface area contributed by atoms with Gasteiger partial charge in [-0.3, -0.25) is 9.69 Å². The number of fused-ring (bicyclic) bond motifs is 2. The molecule has 1 N–H and O–H groups in total. The summed E-state index contributed by atoms with van der Waals surface area (Å²) in [5.41, 5.74) is 5.86. The van der Waals surface area contributed by atoms with Gasteiger partial charge in [-0.1, -0.05) is 12.1 Å². The summed E-state index contributed by atoms with van der Waals surface area (Å²) >= 11 is 0. The van der Waals surface area contributed by atoms with Gasteiger partial charge in [-0.25, -0.2) is 0 Å². The second kappa shape index (κ2) is 12.1. The first kappa shape index (κ1) is 27.6. The van der Waals surface area contributed by atoms with Crippen molar-refractivity contribution in [1.82, 2.24) is 10.2 Å². The third-order valence-electron chi connectivity index (χ3n) is 8.10. The van der Waals surface area contributed by atoms with Crippen LogP contribution in [-0.2, 0) is 24.1 Å². The summed E-state index contributed by atoms with van der Waals surface area (Å²) in [6.07, 6.45) is 3.33. The number of benzene rings is 3. The van der Waals surface area contributed by atoms with Crippen LogP contribution in [0.25, 0.3) is 0 Å². The number of carbonyl (C=O) groups excluding carboxylic acids is 1. The van der Waals surface area contributed by atoms with Crippen LogP contribution in [0.15, 0.2) is 48.5 Å². The molecule has 0 saturated carbocycles. The van der Waals surface area contributed by atoms with Gasteiger partial charge < -0.3 is 29.0 Å². The smallest absolute Gasteiger partial charge is 0.234 e. The molecule has 0 bridgehead atoms. The number of nitrogens with zero attached hydrogens (tertiary/aromatic N) is 1. The van der Waals surface area contributed by atoms with Crippen molar-refractivity contribution in [1.29, 1.82) is 0 Å². The molecular weight excluding hydrogens is 508 g/mol. The number of aryl methyl sites for hydroxylation is 1. The standard InChI is InChI=1S/C32H38N2O6/c1-36-23-8-9-24-21(16-23)7-10-26(24)33-32(35)19-34-13-12-22-17-30(39-4)31(40-5)18-25(22)27(34)14-20-6-11-28(37-2)29(15-20)38-3/h6,8-9,11,15-18,26-27H,7,10,12-14,19H2,1-5H3,(H,33,35). The van der Waals surface area contributed by atoms with Crippen molar-refractivity contribution < 1.29 is 28.5 Å². The maximum absolute atomic E-state index is 13.5. The third kappa shape index (κ3) is 5.54. The summed E-state index contributed by atoms with van der Waals surface area (Å²) in [6.45, 7) is 1.06. The number of ether oxygens (including phenoxy) is 5. The molecule has 0 aromatic heterocycles. The highest BCUT2D eigenvalue weighted by Gasteiger charge is 2.32. The zero-order valence-electron chi connectivity index (χ0n) is 23.9. The molecule has 1 aliphatic heterocycles. The van der Waals surface area contributed by atoms with Crippen molar-refractivity contribution in [3.63, 3.8) is 0 Å². The van der Waals surface area contributed by atoms with Gasteiger partial charge in [0.15, 0.2) is 23.0 Å². The van der Waals surface area contributed by atoms with E-state index in [1.165, 1.54) is 16.7 Å². The Hall–Kier alpha value is -3.91. The van der Waals surface area contributed by atoms with Gasteiger partial charge in [-0.05, 0) is 89.9 Å². The first-order chi connectivity index (χ1) is 19.5. The maximum atomic E-state index is 13.5. The predicted molar refractivity (Wildman–Crippen MR) is 153 cm³/mol. The minimum Gasteiger partial charge on any atom is -0.497 e. The Bertz CT molecular complexity index is 1370. The molecule has 2 unspecified atom stereocenters. The Labute approximate surface area is 236 Å². The quantitative estimate of drug-likeness (QED) is 0.396. The summed E-state index contributed by atoms with van der Waals surface area (Å²) < 4.78 is 27.6. The topological polar surface area (TPSA) is 78.5 Å². The van der Waals surface area contributed by atoms with Gasteiger partial charge in [-0.15, -0.1) is 0 Å². The summed E-state index contributed by atoms with van der Waals surface area (Å²) in [7, 11) is 8.26. The molecule has 8 heteroatoms. The van der Waals surface area contributed by atoms with Gasteiger partial charge >= 0.3 is 0 Å². The van der Waals surface area contributed by atoms with Crippen molar-refractivity contribution in [2.75, 3.05) is 48.6 Å². The number of hydrogen-bond donors (Lipinski definition) is 1. The molecular formula is C32H38N2O6. The Morgan fingerprint density at radius 3 is 2.20 bits per heavy atom. The molecule has 0 spiro atoms. The van der Waals surface area contributed by atoms with E-state index in [-0.39, 0.29) is 18.0 Å². The number of hydrogen-bond acceptors (Lipinski definition) is 7. The molecule has 40 heavy (non-hydrogen) atoms. The maximum Gasteiger partial charge on any atom is 0.234 e. The molecule has 3 aromatic rings. The van der Waals surface area contributed by atoms with Crippen molar-refractivity contribution >= 4 is 5.91 Å². The summed E-state index contributed by atoms with van der Waals surface area (Å²) in [5.74, 6) is 3.64. The molecule has 0 fully saturated rings. The van der Waals surface area contributed by atoms with Gasteiger partial charge in [0.05, 0.1) is 48.1 Å². The number of rotatable bonds is 10. The fourth-order valence-electron chi connectivity index (χ4n) is 6.03. The lowest BCUT2D eigenvalue weighted by atomic mass is 9.88. The highest BCUT2D eigenvalue weighted by molar-refractivity contribution is 5.79. The van der Waals surface area contributed by atoms with Crippen LogP contribution < -0.4 is 29.0 Å². The summed E-state index contributed by atoms with van der Waals surface area (Å²) in [6, 6.07) is 16.2. The number of carbonyl (C=O) groups is 1. The van der Waals surface area contributed by atoms with Gasteiger partial charge in [0.25, 0.3) is 0 Å². The Morgan fingerprint density at radius 2 is 1.48 bits per heavy atom. The lowest BCUT2D eigenvalue weighted by molar-refractivity contribution is -0.123. The molecule has 2 atom stereocenters.